The second kappa shape index (κ2) is 7.77. The maximum atomic E-state index is 13.1. The molecule has 0 spiro atoms. The summed E-state index contributed by atoms with van der Waals surface area (Å²) in [5, 5.41) is -0.738. The van der Waals surface area contributed by atoms with Crippen LogP contribution in [0.25, 0.3) is 6.08 Å². The molecule has 1 aromatic heterocycles. The molecule has 0 bridgehead atoms. The summed E-state index contributed by atoms with van der Waals surface area (Å²) >= 11 is 6.59. The van der Waals surface area contributed by atoms with E-state index in [0.717, 1.165) is 17.8 Å². The van der Waals surface area contributed by atoms with Gasteiger partial charge in [-0.1, -0.05) is 29.4 Å². The van der Waals surface area contributed by atoms with Crippen LogP contribution >= 0.6 is 23.4 Å². The van der Waals surface area contributed by atoms with Gasteiger partial charge in [0, 0.05) is 18.9 Å². The van der Waals surface area contributed by atoms with E-state index in [1.165, 1.54) is 19.2 Å². The SMILES string of the molecule is CC(=O)SCC(=Cc1cnc(Cl)c(C(F)(F)F)c1)B1OC(C)(C)C(C)(C)O1. The van der Waals surface area contributed by atoms with E-state index in [1.807, 2.05) is 27.7 Å². The third kappa shape index (κ3) is 5.28. The van der Waals surface area contributed by atoms with Gasteiger partial charge in [0.15, 0.2) is 5.12 Å². The summed E-state index contributed by atoms with van der Waals surface area (Å²) in [6.07, 6.45) is -1.88. The van der Waals surface area contributed by atoms with Gasteiger partial charge in [0.2, 0.25) is 0 Å². The molecule has 1 aliphatic rings. The number of alkyl halides is 3. The molecule has 0 radical (unpaired) electrons. The van der Waals surface area contributed by atoms with E-state index in [9.17, 15) is 18.0 Å². The molecule has 27 heavy (non-hydrogen) atoms. The van der Waals surface area contributed by atoms with Gasteiger partial charge in [0.05, 0.1) is 16.8 Å². The first-order valence-electron chi connectivity index (χ1n) is 8.15. The van der Waals surface area contributed by atoms with Crippen molar-refractivity contribution in [1.29, 1.82) is 0 Å². The first-order valence-corrected chi connectivity index (χ1v) is 9.51. The number of hydrogen-bond acceptors (Lipinski definition) is 5. The standard InChI is InChI=1S/C17H20BClF3NO3S/c1-10(24)27-9-12(18-25-15(2,3)16(4,5)26-18)6-11-7-13(17(20,21)22)14(19)23-8-11/h6-8H,9H2,1-5H3. The van der Waals surface area contributed by atoms with Crippen molar-refractivity contribution in [3.05, 3.63) is 34.0 Å². The molecule has 148 valence electrons. The predicted octanol–water partition coefficient (Wildman–Crippen LogP) is 5.05. The highest BCUT2D eigenvalue weighted by atomic mass is 35.5. The zero-order valence-corrected chi connectivity index (χ0v) is 17.2. The largest absolute Gasteiger partial charge is 0.491 e. The first kappa shape index (κ1) is 22.3. The van der Waals surface area contributed by atoms with Crippen molar-refractivity contribution in [3.63, 3.8) is 0 Å². The third-order valence-corrected chi connectivity index (χ3v) is 5.70. The fourth-order valence-electron chi connectivity index (χ4n) is 2.31. The van der Waals surface area contributed by atoms with E-state index in [-0.39, 0.29) is 16.4 Å². The normalized spacial score (nSPS) is 19.4. The molecule has 1 saturated heterocycles. The molecule has 0 unspecified atom stereocenters. The van der Waals surface area contributed by atoms with Crippen molar-refractivity contribution >= 4 is 41.7 Å². The Kier molecular flexibility index (Phi) is 6.41. The van der Waals surface area contributed by atoms with Gasteiger partial charge >= 0.3 is 13.3 Å². The van der Waals surface area contributed by atoms with Crippen LogP contribution in [-0.2, 0) is 20.3 Å². The Morgan fingerprint density at radius 2 is 1.85 bits per heavy atom. The van der Waals surface area contributed by atoms with Crippen LogP contribution in [0.4, 0.5) is 13.2 Å². The predicted molar refractivity (Wildman–Crippen MR) is 101 cm³/mol. The highest BCUT2D eigenvalue weighted by Gasteiger charge is 2.52. The molecule has 0 N–H and O–H groups in total. The first-order chi connectivity index (χ1) is 12.2. The zero-order chi connectivity index (χ0) is 20.6. The Hall–Kier alpha value is -1.03. The summed E-state index contributed by atoms with van der Waals surface area (Å²) in [5.74, 6) is 0.218. The summed E-state index contributed by atoms with van der Waals surface area (Å²) < 4.78 is 51.2. The minimum absolute atomic E-state index is 0.123. The van der Waals surface area contributed by atoms with Gasteiger partial charge < -0.3 is 9.31 Å². The number of nitrogens with zero attached hydrogens (tertiary/aromatic N) is 1. The Balaban J connectivity index is 2.42. The maximum absolute atomic E-state index is 13.1. The smallest absolute Gasteiger partial charge is 0.400 e. The number of carbonyl (C=O) groups excluding carboxylic acids is 1. The zero-order valence-electron chi connectivity index (χ0n) is 15.6. The summed E-state index contributed by atoms with van der Waals surface area (Å²) in [5.41, 5.74) is -1.53. The van der Waals surface area contributed by atoms with Crippen LogP contribution in [-0.4, -0.2) is 34.2 Å². The highest BCUT2D eigenvalue weighted by Crippen LogP contribution is 2.40. The van der Waals surface area contributed by atoms with Crippen LogP contribution < -0.4 is 0 Å². The van der Waals surface area contributed by atoms with Crippen molar-refractivity contribution in [2.24, 2.45) is 0 Å². The van der Waals surface area contributed by atoms with E-state index < -0.39 is 35.2 Å². The van der Waals surface area contributed by atoms with E-state index in [1.54, 1.807) is 0 Å². The molecule has 0 atom stereocenters. The van der Waals surface area contributed by atoms with Crippen LogP contribution in [0.15, 0.2) is 17.7 Å². The molecule has 10 heteroatoms. The molecular formula is C17H20BClF3NO3S. The lowest BCUT2D eigenvalue weighted by Gasteiger charge is -2.32. The van der Waals surface area contributed by atoms with Crippen molar-refractivity contribution in [2.45, 2.75) is 52.0 Å². The summed E-state index contributed by atoms with van der Waals surface area (Å²) in [7, 11) is -0.785. The molecule has 0 amide bonds. The number of thioether (sulfide) groups is 1. The number of aromatic nitrogens is 1. The van der Waals surface area contributed by atoms with Crippen LogP contribution in [0.5, 0.6) is 0 Å². The molecule has 2 rings (SSSR count). The molecular weight excluding hydrogens is 402 g/mol. The minimum atomic E-state index is -4.62. The van der Waals surface area contributed by atoms with Gasteiger partial charge in [0.1, 0.15) is 5.15 Å². The summed E-state index contributed by atoms with van der Waals surface area (Å²) in [6, 6.07) is 0.916. The average molecular weight is 422 g/mol. The number of carbonyl (C=O) groups is 1. The number of halogens is 4. The lowest BCUT2D eigenvalue weighted by molar-refractivity contribution is -0.137. The Bertz CT molecular complexity index is 752. The summed E-state index contributed by atoms with van der Waals surface area (Å²) in [4.78, 5) is 15.0. The van der Waals surface area contributed by atoms with E-state index >= 15 is 0 Å². The molecule has 0 aliphatic carbocycles. The lowest BCUT2D eigenvalue weighted by atomic mass is 9.78. The maximum Gasteiger partial charge on any atom is 0.491 e. The Morgan fingerprint density at radius 3 is 2.33 bits per heavy atom. The van der Waals surface area contributed by atoms with Crippen LogP contribution in [0.1, 0.15) is 45.7 Å². The number of pyridine rings is 1. The Labute approximate surface area is 166 Å². The quantitative estimate of drug-likeness (QED) is 0.503. The van der Waals surface area contributed by atoms with Gasteiger partial charge in [0.25, 0.3) is 0 Å². The Morgan fingerprint density at radius 1 is 1.30 bits per heavy atom. The van der Waals surface area contributed by atoms with E-state index in [4.69, 9.17) is 20.9 Å². The molecule has 1 aliphatic heterocycles. The van der Waals surface area contributed by atoms with E-state index in [0.29, 0.717) is 5.47 Å². The van der Waals surface area contributed by atoms with Crippen LogP contribution in [0.3, 0.4) is 0 Å². The molecule has 0 saturated carbocycles. The van der Waals surface area contributed by atoms with Crippen molar-refractivity contribution in [1.82, 2.24) is 4.98 Å². The fourth-order valence-corrected chi connectivity index (χ4v) is 3.11. The third-order valence-electron chi connectivity index (χ3n) is 4.52. The molecule has 1 aromatic rings. The van der Waals surface area contributed by atoms with Gasteiger partial charge in [-0.25, -0.2) is 4.98 Å². The number of hydrogen-bond donors (Lipinski definition) is 0. The van der Waals surface area contributed by atoms with Gasteiger partial charge in [-0.2, -0.15) is 13.2 Å². The molecule has 2 heterocycles. The monoisotopic (exact) mass is 421 g/mol. The van der Waals surface area contributed by atoms with Crippen LogP contribution in [0.2, 0.25) is 5.15 Å². The van der Waals surface area contributed by atoms with Crippen molar-refractivity contribution < 1.29 is 27.3 Å². The molecule has 4 nitrogen and oxygen atoms in total. The second-order valence-electron chi connectivity index (χ2n) is 7.19. The lowest BCUT2D eigenvalue weighted by Crippen LogP contribution is -2.41. The van der Waals surface area contributed by atoms with Gasteiger partial charge in [-0.15, -0.1) is 0 Å². The van der Waals surface area contributed by atoms with Gasteiger partial charge in [-0.05, 0) is 44.8 Å². The van der Waals surface area contributed by atoms with Gasteiger partial charge in [-0.3, -0.25) is 4.79 Å². The van der Waals surface area contributed by atoms with Crippen molar-refractivity contribution in [2.75, 3.05) is 5.75 Å². The molecule has 1 fully saturated rings. The summed E-state index contributed by atoms with van der Waals surface area (Å²) in [6.45, 7) is 8.89. The average Bonchev–Trinajstić information content (AvgIpc) is 2.72. The highest BCUT2D eigenvalue weighted by molar-refractivity contribution is 8.13. The second-order valence-corrected chi connectivity index (χ2v) is 8.70. The fraction of sp³-hybridized carbons (Fsp3) is 0.529. The number of rotatable bonds is 4. The van der Waals surface area contributed by atoms with Crippen LogP contribution in [0, 0.1) is 0 Å². The van der Waals surface area contributed by atoms with E-state index in [2.05, 4.69) is 4.98 Å². The minimum Gasteiger partial charge on any atom is -0.400 e. The molecule has 0 aromatic carbocycles. The van der Waals surface area contributed by atoms with Crippen molar-refractivity contribution in [3.8, 4) is 0 Å². The topological polar surface area (TPSA) is 48.4 Å².